The fourth-order valence-electron chi connectivity index (χ4n) is 2.57. The summed E-state index contributed by atoms with van der Waals surface area (Å²) in [5.74, 6) is 0. The first-order valence-electron chi connectivity index (χ1n) is 8.24. The van der Waals surface area contributed by atoms with E-state index in [4.69, 9.17) is 4.74 Å². The largest absolute Gasteiger partial charge is 0.442 e. The fourth-order valence-corrected chi connectivity index (χ4v) is 3.45. The van der Waals surface area contributed by atoms with E-state index >= 15 is 0 Å². The van der Waals surface area contributed by atoms with E-state index in [1.807, 2.05) is 55.5 Å². The van der Waals surface area contributed by atoms with Gasteiger partial charge in [-0.15, -0.1) is 11.3 Å². The number of hydrogen-bond acceptors (Lipinski definition) is 4. The molecular formula is C20H19FN2O2S. The molecule has 0 saturated heterocycles. The number of carbonyl (C=O) groups excluding carboxylic acids is 1. The van der Waals surface area contributed by atoms with Crippen LogP contribution in [0, 0.1) is 12.1 Å². The first kappa shape index (κ1) is 18.1. The van der Waals surface area contributed by atoms with Crippen molar-refractivity contribution in [3.05, 3.63) is 76.5 Å². The highest BCUT2D eigenvalue weighted by Gasteiger charge is 2.15. The van der Waals surface area contributed by atoms with Gasteiger partial charge in [0.15, 0.2) is 5.13 Å². The lowest BCUT2D eigenvalue weighted by Crippen LogP contribution is -2.25. The van der Waals surface area contributed by atoms with Gasteiger partial charge in [-0.25, -0.2) is 4.79 Å². The van der Waals surface area contributed by atoms with Crippen molar-refractivity contribution in [2.45, 2.75) is 26.5 Å². The van der Waals surface area contributed by atoms with Crippen molar-refractivity contribution in [1.29, 1.82) is 0 Å². The van der Waals surface area contributed by atoms with Crippen LogP contribution < -0.4 is 5.32 Å². The number of aromatic nitrogens is 1. The van der Waals surface area contributed by atoms with Crippen LogP contribution in [-0.4, -0.2) is 11.1 Å². The van der Waals surface area contributed by atoms with Gasteiger partial charge in [0, 0.05) is 12.2 Å². The Labute approximate surface area is 155 Å². The summed E-state index contributed by atoms with van der Waals surface area (Å²) in [7, 11) is 0. The minimum atomic E-state index is -0.545. The molecule has 0 aliphatic rings. The minimum absolute atomic E-state index is 0.172. The number of nitrogens with one attached hydrogen (secondary N) is 1. The van der Waals surface area contributed by atoms with E-state index in [1.165, 1.54) is 6.07 Å². The van der Waals surface area contributed by atoms with Crippen molar-refractivity contribution in [1.82, 2.24) is 10.3 Å². The number of benzene rings is 1. The second kappa shape index (κ2) is 8.10. The third-order valence-electron chi connectivity index (χ3n) is 3.88. The highest BCUT2D eigenvalue weighted by molar-refractivity contribution is 7.14. The molecule has 3 rings (SSSR count). The number of amides is 1. The summed E-state index contributed by atoms with van der Waals surface area (Å²) in [5, 5.41) is 2.38. The third kappa shape index (κ3) is 4.46. The minimum Gasteiger partial charge on any atom is -0.442 e. The zero-order chi connectivity index (χ0) is 18.5. The van der Waals surface area contributed by atoms with Gasteiger partial charge in [0.2, 0.25) is 0 Å². The highest BCUT2D eigenvalue weighted by Crippen LogP contribution is 2.31. The number of aryl methyl sites for hydroxylation is 1. The predicted molar refractivity (Wildman–Crippen MR) is 100 cm³/mol. The molecule has 2 heterocycles. The standard InChI is InChI=1S/C20H19FN2O2S/c1-13-7-6-10-17(23-13)19-16(11-18(21)26-19)12-22-20(24)25-14(2)15-8-4-3-5-9-15/h3-11,14H,12H2,1-2H3,(H,22,24)/t14-/m1/s1. The van der Waals surface area contributed by atoms with Gasteiger partial charge >= 0.3 is 6.09 Å². The fraction of sp³-hybridized carbons (Fsp3) is 0.200. The average molecular weight is 370 g/mol. The number of rotatable bonds is 5. The number of pyridine rings is 1. The SMILES string of the molecule is Cc1cccc(-c2sc(F)cc2CNC(=O)O[C@H](C)c2ccccc2)n1. The Kier molecular flexibility index (Phi) is 5.63. The van der Waals surface area contributed by atoms with Crippen molar-refractivity contribution < 1.29 is 13.9 Å². The Morgan fingerprint density at radius 2 is 2.00 bits per heavy atom. The van der Waals surface area contributed by atoms with Crippen LogP contribution in [0.2, 0.25) is 0 Å². The van der Waals surface area contributed by atoms with E-state index in [2.05, 4.69) is 10.3 Å². The summed E-state index contributed by atoms with van der Waals surface area (Å²) in [6.07, 6.45) is -0.913. The molecule has 1 amide bonds. The van der Waals surface area contributed by atoms with E-state index < -0.39 is 6.09 Å². The number of halogens is 1. The van der Waals surface area contributed by atoms with Crippen molar-refractivity contribution in [3.8, 4) is 10.6 Å². The van der Waals surface area contributed by atoms with Gasteiger partial charge in [-0.05, 0) is 43.2 Å². The molecule has 1 aromatic carbocycles. The molecule has 6 heteroatoms. The first-order chi connectivity index (χ1) is 12.5. The van der Waals surface area contributed by atoms with Crippen LogP contribution in [-0.2, 0) is 11.3 Å². The van der Waals surface area contributed by atoms with E-state index in [0.717, 1.165) is 22.6 Å². The summed E-state index contributed by atoms with van der Waals surface area (Å²) in [6.45, 7) is 3.86. The maximum absolute atomic E-state index is 13.8. The van der Waals surface area contributed by atoms with Crippen LogP contribution in [0.4, 0.5) is 9.18 Å². The lowest BCUT2D eigenvalue weighted by molar-refractivity contribution is 0.106. The molecule has 4 nitrogen and oxygen atoms in total. The van der Waals surface area contributed by atoms with Crippen molar-refractivity contribution in [3.63, 3.8) is 0 Å². The lowest BCUT2D eigenvalue weighted by Gasteiger charge is -2.14. The number of alkyl carbamates (subject to hydrolysis) is 1. The second-order valence-electron chi connectivity index (χ2n) is 5.88. The van der Waals surface area contributed by atoms with Crippen LogP contribution in [0.3, 0.4) is 0 Å². The lowest BCUT2D eigenvalue weighted by atomic mass is 10.1. The monoisotopic (exact) mass is 370 g/mol. The Bertz CT molecular complexity index is 896. The number of nitrogens with zero attached hydrogens (tertiary/aromatic N) is 1. The predicted octanol–water partition coefficient (Wildman–Crippen LogP) is 5.25. The van der Waals surface area contributed by atoms with Crippen molar-refractivity contribution >= 4 is 17.4 Å². The molecule has 2 aromatic heterocycles. The van der Waals surface area contributed by atoms with E-state index in [0.29, 0.717) is 16.1 Å². The number of thiophene rings is 1. The summed E-state index contributed by atoms with van der Waals surface area (Å²) < 4.78 is 19.2. The molecule has 0 aliphatic carbocycles. The third-order valence-corrected chi connectivity index (χ3v) is 4.86. The Morgan fingerprint density at radius 3 is 2.73 bits per heavy atom. The molecule has 0 saturated carbocycles. The molecule has 3 aromatic rings. The molecule has 0 fully saturated rings. The highest BCUT2D eigenvalue weighted by atomic mass is 32.1. The molecule has 0 spiro atoms. The zero-order valence-electron chi connectivity index (χ0n) is 14.5. The molecule has 0 unspecified atom stereocenters. The maximum Gasteiger partial charge on any atom is 0.408 e. The van der Waals surface area contributed by atoms with Crippen molar-refractivity contribution in [2.75, 3.05) is 0 Å². The maximum atomic E-state index is 13.8. The first-order valence-corrected chi connectivity index (χ1v) is 9.06. The molecule has 0 bridgehead atoms. The van der Waals surface area contributed by atoms with E-state index in [1.54, 1.807) is 6.92 Å². The molecule has 26 heavy (non-hydrogen) atoms. The zero-order valence-corrected chi connectivity index (χ0v) is 15.3. The van der Waals surface area contributed by atoms with Crippen LogP contribution >= 0.6 is 11.3 Å². The van der Waals surface area contributed by atoms with Gasteiger partial charge in [-0.1, -0.05) is 36.4 Å². The Morgan fingerprint density at radius 1 is 1.23 bits per heavy atom. The summed E-state index contributed by atoms with van der Waals surface area (Å²) in [6, 6.07) is 16.5. The molecule has 1 N–H and O–H groups in total. The van der Waals surface area contributed by atoms with Gasteiger partial charge < -0.3 is 10.1 Å². The number of ether oxygens (including phenoxy) is 1. The van der Waals surface area contributed by atoms with Crippen LogP contribution in [0.1, 0.15) is 29.8 Å². The van der Waals surface area contributed by atoms with Gasteiger partial charge in [0.1, 0.15) is 6.10 Å². The van der Waals surface area contributed by atoms with Crippen molar-refractivity contribution in [2.24, 2.45) is 0 Å². The number of hydrogen-bond donors (Lipinski definition) is 1. The Hall–Kier alpha value is -2.73. The van der Waals surface area contributed by atoms with Crippen LogP contribution in [0.15, 0.2) is 54.6 Å². The van der Waals surface area contributed by atoms with E-state index in [9.17, 15) is 9.18 Å². The normalized spacial score (nSPS) is 11.8. The van der Waals surface area contributed by atoms with Crippen LogP contribution in [0.25, 0.3) is 10.6 Å². The summed E-state index contributed by atoms with van der Waals surface area (Å²) in [4.78, 5) is 17.2. The van der Waals surface area contributed by atoms with Crippen LogP contribution in [0.5, 0.6) is 0 Å². The van der Waals surface area contributed by atoms with E-state index in [-0.39, 0.29) is 17.8 Å². The molecular weight excluding hydrogens is 351 g/mol. The summed E-state index contributed by atoms with van der Waals surface area (Å²) >= 11 is 1.02. The molecule has 0 radical (unpaired) electrons. The molecule has 1 atom stereocenters. The second-order valence-corrected chi connectivity index (χ2v) is 6.88. The van der Waals surface area contributed by atoms with Gasteiger partial charge in [0.25, 0.3) is 0 Å². The van der Waals surface area contributed by atoms with Gasteiger partial charge in [-0.3, -0.25) is 4.98 Å². The summed E-state index contributed by atoms with van der Waals surface area (Å²) in [5.41, 5.74) is 3.14. The average Bonchev–Trinajstić information content (AvgIpc) is 3.01. The molecule has 134 valence electrons. The van der Waals surface area contributed by atoms with Gasteiger partial charge in [0.05, 0.1) is 10.6 Å². The Balaban J connectivity index is 1.66. The smallest absolute Gasteiger partial charge is 0.408 e. The topological polar surface area (TPSA) is 51.2 Å². The van der Waals surface area contributed by atoms with Gasteiger partial charge in [-0.2, -0.15) is 4.39 Å². The quantitative estimate of drug-likeness (QED) is 0.668. The number of carbonyl (C=O) groups is 1. The molecule has 0 aliphatic heterocycles.